The molecule has 0 radical (unpaired) electrons. The molecule has 0 aliphatic rings. The van der Waals surface area contributed by atoms with Crippen LogP contribution in [0.5, 0.6) is 0 Å². The van der Waals surface area contributed by atoms with Crippen molar-refractivity contribution in [2.24, 2.45) is 11.7 Å². The molecule has 1 amide bonds. The van der Waals surface area contributed by atoms with Crippen LogP contribution in [0.1, 0.15) is 31.7 Å². The number of carbonyl (C=O) groups is 1. The Balaban J connectivity index is 2.24. The fourth-order valence-electron chi connectivity index (χ4n) is 2.06. The number of hydrogen-bond donors (Lipinski definition) is 3. The molecule has 2 rings (SSSR count). The van der Waals surface area contributed by atoms with E-state index in [9.17, 15) is 10.1 Å². The maximum absolute atomic E-state index is 11.6. The van der Waals surface area contributed by atoms with Crippen LogP contribution in [0.4, 0.5) is 16.6 Å². The van der Waals surface area contributed by atoms with Crippen molar-refractivity contribution >= 4 is 34.1 Å². The summed E-state index contributed by atoms with van der Waals surface area (Å²) in [6.45, 7) is 5.88. The van der Waals surface area contributed by atoms with Crippen molar-refractivity contribution in [3.05, 3.63) is 23.7 Å². The molecule has 24 heavy (non-hydrogen) atoms. The number of hydrogen-bond acceptors (Lipinski definition) is 8. The Hall–Kier alpha value is -2.73. The summed E-state index contributed by atoms with van der Waals surface area (Å²) in [4.78, 5) is 20.0. The smallest absolute Gasteiger partial charge is 0.239 e. The van der Waals surface area contributed by atoms with Crippen molar-refractivity contribution in [2.75, 3.05) is 10.6 Å². The van der Waals surface area contributed by atoms with Gasteiger partial charge in [-0.2, -0.15) is 9.64 Å². The highest BCUT2D eigenvalue weighted by Crippen LogP contribution is 2.23. The topological polar surface area (TPSA) is 130 Å². The largest absolute Gasteiger partial charge is 0.368 e. The van der Waals surface area contributed by atoms with Crippen molar-refractivity contribution in [3.8, 4) is 6.07 Å². The summed E-state index contributed by atoms with van der Waals surface area (Å²) in [7, 11) is 0. The molecule has 2 heterocycles. The lowest BCUT2D eigenvalue weighted by Gasteiger charge is -2.18. The molecule has 0 bridgehead atoms. The first-order valence-electron chi connectivity index (χ1n) is 7.42. The lowest BCUT2D eigenvalue weighted by Crippen LogP contribution is -2.36. The zero-order valence-corrected chi connectivity index (χ0v) is 14.5. The molecule has 0 spiro atoms. The molecule has 0 saturated carbocycles. The van der Waals surface area contributed by atoms with E-state index in [1.165, 1.54) is 17.7 Å². The minimum absolute atomic E-state index is 0.158. The maximum atomic E-state index is 11.6. The van der Waals surface area contributed by atoms with Gasteiger partial charge in [-0.15, -0.1) is 0 Å². The van der Waals surface area contributed by atoms with Gasteiger partial charge < -0.3 is 16.4 Å². The Kier molecular flexibility index (Phi) is 5.65. The SMILES string of the molecule is Cc1cc(Nc2nc(N[C@H](CC(C)C)C(N)=O)cnc2C#N)sn1. The second-order valence-electron chi connectivity index (χ2n) is 5.75. The monoisotopic (exact) mass is 345 g/mol. The average molecular weight is 345 g/mol. The summed E-state index contributed by atoms with van der Waals surface area (Å²) in [5.74, 6) is 0.516. The van der Waals surface area contributed by atoms with Gasteiger partial charge in [0.15, 0.2) is 11.5 Å². The van der Waals surface area contributed by atoms with E-state index in [4.69, 9.17) is 5.73 Å². The molecule has 126 valence electrons. The number of nitriles is 1. The fraction of sp³-hybridized carbons (Fsp3) is 0.400. The Morgan fingerprint density at radius 1 is 1.50 bits per heavy atom. The minimum atomic E-state index is -0.550. The quantitative estimate of drug-likeness (QED) is 0.701. The van der Waals surface area contributed by atoms with Crippen molar-refractivity contribution in [3.63, 3.8) is 0 Å². The molecule has 0 aliphatic heterocycles. The van der Waals surface area contributed by atoms with Crippen molar-refractivity contribution in [1.82, 2.24) is 14.3 Å². The van der Waals surface area contributed by atoms with E-state index in [0.29, 0.717) is 24.0 Å². The van der Waals surface area contributed by atoms with Crippen LogP contribution in [0.3, 0.4) is 0 Å². The molecule has 2 aromatic rings. The third-order valence-corrected chi connectivity index (χ3v) is 3.92. The van der Waals surface area contributed by atoms with Crippen molar-refractivity contribution < 1.29 is 4.79 Å². The number of carbonyl (C=O) groups excluding carboxylic acids is 1. The van der Waals surface area contributed by atoms with Gasteiger partial charge in [0, 0.05) is 0 Å². The van der Waals surface area contributed by atoms with E-state index in [-0.39, 0.29) is 5.69 Å². The number of aryl methyl sites for hydroxylation is 1. The van der Waals surface area contributed by atoms with Gasteiger partial charge in [-0.3, -0.25) is 4.79 Å². The molecule has 0 aromatic carbocycles. The number of rotatable bonds is 7. The molecular formula is C15H19N7OS. The first-order valence-corrected chi connectivity index (χ1v) is 8.19. The minimum Gasteiger partial charge on any atom is -0.368 e. The van der Waals surface area contributed by atoms with Crippen LogP contribution in [0.2, 0.25) is 0 Å². The van der Waals surface area contributed by atoms with Crippen molar-refractivity contribution in [2.45, 2.75) is 33.2 Å². The van der Waals surface area contributed by atoms with Gasteiger partial charge in [-0.25, -0.2) is 9.97 Å². The standard InChI is InChI=1S/C15H19N7OS/c1-8(2)4-10(14(17)23)19-12-7-18-11(6-16)15(20-12)21-13-5-9(3)22-24-13/h5,7-8,10H,4H2,1-3H3,(H2,17,23)(H2,19,20,21)/t10-/m1/s1. The van der Waals surface area contributed by atoms with E-state index in [1.54, 1.807) is 0 Å². The van der Waals surface area contributed by atoms with Crippen LogP contribution in [0.25, 0.3) is 0 Å². The second-order valence-corrected chi connectivity index (χ2v) is 6.56. The number of nitrogens with two attached hydrogens (primary N) is 1. The summed E-state index contributed by atoms with van der Waals surface area (Å²) < 4.78 is 4.17. The number of aromatic nitrogens is 3. The third-order valence-electron chi connectivity index (χ3n) is 3.12. The molecule has 0 unspecified atom stereocenters. The molecule has 2 aromatic heterocycles. The first-order chi connectivity index (χ1) is 11.4. The van der Waals surface area contributed by atoms with Gasteiger partial charge in [0.25, 0.3) is 0 Å². The third kappa shape index (κ3) is 4.63. The highest BCUT2D eigenvalue weighted by atomic mass is 32.1. The maximum Gasteiger partial charge on any atom is 0.239 e. The van der Waals surface area contributed by atoms with Gasteiger partial charge in [-0.05, 0) is 36.9 Å². The molecule has 4 N–H and O–H groups in total. The van der Waals surface area contributed by atoms with Gasteiger partial charge in [-0.1, -0.05) is 13.8 Å². The van der Waals surface area contributed by atoms with E-state index >= 15 is 0 Å². The second kappa shape index (κ2) is 7.70. The van der Waals surface area contributed by atoms with Crippen LogP contribution in [-0.2, 0) is 4.79 Å². The molecule has 9 heteroatoms. The number of primary amides is 1. The number of amides is 1. The van der Waals surface area contributed by atoms with Crippen LogP contribution in [0, 0.1) is 24.2 Å². The highest BCUT2D eigenvalue weighted by molar-refractivity contribution is 7.10. The summed E-state index contributed by atoms with van der Waals surface area (Å²) in [6.07, 6.45) is 1.99. The number of nitrogens with zero attached hydrogens (tertiary/aromatic N) is 4. The molecule has 0 fully saturated rings. The Bertz CT molecular complexity index is 765. The van der Waals surface area contributed by atoms with Gasteiger partial charge in [0.05, 0.1) is 11.9 Å². The molecule has 1 atom stereocenters. The Morgan fingerprint density at radius 3 is 2.79 bits per heavy atom. The lowest BCUT2D eigenvalue weighted by molar-refractivity contribution is -0.119. The zero-order valence-electron chi connectivity index (χ0n) is 13.7. The van der Waals surface area contributed by atoms with E-state index < -0.39 is 11.9 Å². The summed E-state index contributed by atoms with van der Waals surface area (Å²) in [5.41, 5.74) is 6.46. The molecular weight excluding hydrogens is 326 g/mol. The lowest BCUT2D eigenvalue weighted by atomic mass is 10.0. The van der Waals surface area contributed by atoms with Gasteiger partial charge in [0.2, 0.25) is 5.91 Å². The normalized spacial score (nSPS) is 11.8. The number of anilines is 3. The molecule has 8 nitrogen and oxygen atoms in total. The zero-order chi connectivity index (χ0) is 17.7. The molecule has 0 aliphatic carbocycles. The predicted molar refractivity (Wildman–Crippen MR) is 92.9 cm³/mol. The van der Waals surface area contributed by atoms with Crippen LogP contribution in [0.15, 0.2) is 12.3 Å². The van der Waals surface area contributed by atoms with Crippen LogP contribution < -0.4 is 16.4 Å². The average Bonchev–Trinajstić information content (AvgIpc) is 2.91. The van der Waals surface area contributed by atoms with E-state index in [2.05, 4.69) is 25.0 Å². The molecule has 0 saturated heterocycles. The van der Waals surface area contributed by atoms with Gasteiger partial charge in [0.1, 0.15) is 22.9 Å². The van der Waals surface area contributed by atoms with Crippen LogP contribution >= 0.6 is 11.5 Å². The number of nitrogens with one attached hydrogen (secondary N) is 2. The van der Waals surface area contributed by atoms with Crippen molar-refractivity contribution in [1.29, 1.82) is 5.26 Å². The predicted octanol–water partition coefficient (Wildman–Crippen LogP) is 2.17. The summed E-state index contributed by atoms with van der Waals surface area (Å²) in [6, 6.07) is 3.28. The van der Waals surface area contributed by atoms with E-state index in [0.717, 1.165) is 10.7 Å². The first kappa shape index (κ1) is 17.6. The Labute approximate surface area is 144 Å². The summed E-state index contributed by atoms with van der Waals surface area (Å²) >= 11 is 1.26. The Morgan fingerprint density at radius 2 is 2.25 bits per heavy atom. The van der Waals surface area contributed by atoms with Gasteiger partial charge >= 0.3 is 0 Å². The summed E-state index contributed by atoms with van der Waals surface area (Å²) in [5, 5.41) is 16.0. The highest BCUT2D eigenvalue weighted by Gasteiger charge is 2.18. The fourth-order valence-corrected chi connectivity index (χ4v) is 2.72. The van der Waals surface area contributed by atoms with E-state index in [1.807, 2.05) is 32.9 Å². The van der Waals surface area contributed by atoms with Crippen LogP contribution in [-0.4, -0.2) is 26.3 Å².